The largest absolute Gasteiger partial charge is 0.493 e. The summed E-state index contributed by atoms with van der Waals surface area (Å²) < 4.78 is 22.2. The van der Waals surface area contributed by atoms with Crippen LogP contribution in [-0.4, -0.2) is 13.7 Å². The molecule has 0 aliphatic heterocycles. The molecule has 0 saturated heterocycles. The molecule has 6 heteroatoms. The lowest BCUT2D eigenvalue weighted by molar-refractivity contribution is 0.366. The van der Waals surface area contributed by atoms with Gasteiger partial charge in [-0.1, -0.05) is 12.1 Å². The molecule has 0 fully saturated rings. The van der Waals surface area contributed by atoms with Crippen LogP contribution in [0.1, 0.15) is 5.56 Å². The molecule has 0 N–H and O–H groups in total. The highest BCUT2D eigenvalue weighted by molar-refractivity contribution is 5.96. The van der Waals surface area contributed by atoms with E-state index in [2.05, 4.69) is 0 Å². The molecule has 6 nitrogen and oxygen atoms in total. The minimum atomic E-state index is -0.477. The number of hydrogen-bond donors (Lipinski definition) is 0. The van der Waals surface area contributed by atoms with Gasteiger partial charge in [0.2, 0.25) is 0 Å². The minimum Gasteiger partial charge on any atom is -0.493 e. The standard InChI is InChI=1S/C21H15NO5/c1-12-8-18-14(10-17(12)25-7-6-22)15(11-20(23)26-18)19-9-13-4-3-5-16(24-2)21(13)27-19/h3-5,8-11H,7H2,1-2H3. The van der Waals surface area contributed by atoms with Gasteiger partial charge in [0.1, 0.15) is 23.2 Å². The van der Waals surface area contributed by atoms with E-state index in [9.17, 15) is 4.79 Å². The van der Waals surface area contributed by atoms with Crippen LogP contribution in [0.5, 0.6) is 11.5 Å². The second-order valence-corrected chi connectivity index (χ2v) is 6.03. The lowest BCUT2D eigenvalue weighted by atomic mass is 10.0. The fraction of sp³-hybridized carbons (Fsp3) is 0.143. The molecule has 2 aromatic heterocycles. The first kappa shape index (κ1) is 16.7. The summed E-state index contributed by atoms with van der Waals surface area (Å²) in [5, 5.41) is 10.3. The van der Waals surface area contributed by atoms with E-state index >= 15 is 0 Å². The van der Waals surface area contributed by atoms with Crippen LogP contribution < -0.4 is 15.1 Å². The number of methoxy groups -OCH3 is 1. The van der Waals surface area contributed by atoms with E-state index in [0.29, 0.717) is 39.4 Å². The van der Waals surface area contributed by atoms with E-state index in [1.54, 1.807) is 19.2 Å². The van der Waals surface area contributed by atoms with Crippen molar-refractivity contribution in [3.05, 3.63) is 58.4 Å². The maximum Gasteiger partial charge on any atom is 0.336 e. The van der Waals surface area contributed by atoms with Crippen LogP contribution in [0.2, 0.25) is 0 Å². The number of para-hydroxylation sites is 1. The normalized spacial score (nSPS) is 10.9. The van der Waals surface area contributed by atoms with Gasteiger partial charge in [-0.3, -0.25) is 0 Å². The van der Waals surface area contributed by atoms with Crippen molar-refractivity contribution < 1.29 is 18.3 Å². The second kappa shape index (κ2) is 6.54. The van der Waals surface area contributed by atoms with E-state index in [1.165, 1.54) is 6.07 Å². The number of benzene rings is 2. The Balaban J connectivity index is 1.98. The Hall–Kier alpha value is -3.72. The van der Waals surface area contributed by atoms with Gasteiger partial charge in [-0.05, 0) is 36.8 Å². The third-order valence-electron chi connectivity index (χ3n) is 4.33. The third-order valence-corrected chi connectivity index (χ3v) is 4.33. The quantitative estimate of drug-likeness (QED) is 0.500. The van der Waals surface area contributed by atoms with Crippen LogP contribution in [0.4, 0.5) is 0 Å². The molecule has 2 aromatic carbocycles. The molecule has 27 heavy (non-hydrogen) atoms. The second-order valence-electron chi connectivity index (χ2n) is 6.03. The van der Waals surface area contributed by atoms with E-state index < -0.39 is 5.63 Å². The summed E-state index contributed by atoms with van der Waals surface area (Å²) in [6.45, 7) is 1.76. The average molecular weight is 361 g/mol. The Labute approximate surface area is 154 Å². The molecule has 2 heterocycles. The number of nitriles is 1. The lowest BCUT2D eigenvalue weighted by Crippen LogP contribution is -2.00. The van der Waals surface area contributed by atoms with Crippen molar-refractivity contribution in [1.29, 1.82) is 5.26 Å². The van der Waals surface area contributed by atoms with Crippen molar-refractivity contribution in [2.75, 3.05) is 13.7 Å². The smallest absolute Gasteiger partial charge is 0.336 e. The van der Waals surface area contributed by atoms with Crippen molar-refractivity contribution >= 4 is 21.9 Å². The van der Waals surface area contributed by atoms with Crippen LogP contribution in [0.25, 0.3) is 33.3 Å². The molecule has 0 spiro atoms. The SMILES string of the molecule is COc1cccc2cc(-c3cc(=O)oc4cc(C)c(OCC#N)cc34)oc12. The number of nitrogens with zero attached hydrogens (tertiary/aromatic N) is 1. The van der Waals surface area contributed by atoms with E-state index in [-0.39, 0.29) is 6.61 Å². The molecule has 0 aliphatic carbocycles. The van der Waals surface area contributed by atoms with Gasteiger partial charge in [-0.25, -0.2) is 4.79 Å². The molecule has 0 unspecified atom stereocenters. The first-order valence-corrected chi connectivity index (χ1v) is 8.26. The highest BCUT2D eigenvalue weighted by Gasteiger charge is 2.16. The van der Waals surface area contributed by atoms with Crippen molar-refractivity contribution in [3.8, 4) is 28.9 Å². The molecule has 4 rings (SSSR count). The molecular weight excluding hydrogens is 346 g/mol. The maximum absolute atomic E-state index is 12.1. The zero-order valence-corrected chi connectivity index (χ0v) is 14.7. The summed E-state index contributed by atoms with van der Waals surface area (Å²) in [5.41, 5.74) is 1.90. The van der Waals surface area contributed by atoms with Gasteiger partial charge in [0, 0.05) is 22.4 Å². The Morgan fingerprint density at radius 3 is 2.74 bits per heavy atom. The number of furan rings is 1. The molecule has 0 saturated carbocycles. The topological polar surface area (TPSA) is 85.6 Å². The number of hydrogen-bond acceptors (Lipinski definition) is 6. The fourth-order valence-corrected chi connectivity index (χ4v) is 3.09. The Morgan fingerprint density at radius 2 is 1.96 bits per heavy atom. The van der Waals surface area contributed by atoms with Gasteiger partial charge >= 0.3 is 5.63 Å². The van der Waals surface area contributed by atoms with Gasteiger partial charge < -0.3 is 18.3 Å². The van der Waals surface area contributed by atoms with Crippen molar-refractivity contribution in [1.82, 2.24) is 0 Å². The Bertz CT molecular complexity index is 1260. The molecule has 4 aromatic rings. The molecular formula is C21H15NO5. The molecule has 0 amide bonds. The van der Waals surface area contributed by atoms with Crippen molar-refractivity contribution in [3.63, 3.8) is 0 Å². The van der Waals surface area contributed by atoms with Crippen LogP contribution in [-0.2, 0) is 0 Å². The van der Waals surface area contributed by atoms with Gasteiger partial charge in [-0.15, -0.1) is 0 Å². The van der Waals surface area contributed by atoms with Gasteiger partial charge in [0.05, 0.1) is 7.11 Å². The zero-order valence-electron chi connectivity index (χ0n) is 14.7. The molecule has 0 bridgehead atoms. The van der Waals surface area contributed by atoms with E-state index in [0.717, 1.165) is 10.9 Å². The molecule has 0 radical (unpaired) electrons. The zero-order chi connectivity index (χ0) is 19.0. The minimum absolute atomic E-state index is 0.0691. The summed E-state index contributed by atoms with van der Waals surface area (Å²) >= 11 is 0. The number of aryl methyl sites for hydroxylation is 1. The lowest BCUT2D eigenvalue weighted by Gasteiger charge is -2.09. The molecule has 0 aliphatic rings. The Morgan fingerprint density at radius 1 is 1.11 bits per heavy atom. The number of ether oxygens (including phenoxy) is 2. The first-order chi connectivity index (χ1) is 13.1. The maximum atomic E-state index is 12.1. The molecule has 134 valence electrons. The van der Waals surface area contributed by atoms with Gasteiger partial charge in [0.25, 0.3) is 0 Å². The predicted octanol–water partition coefficient (Wildman–Crippen LogP) is 4.43. The van der Waals surface area contributed by atoms with Crippen molar-refractivity contribution in [2.24, 2.45) is 0 Å². The Kier molecular flexibility index (Phi) is 4.05. The van der Waals surface area contributed by atoms with E-state index in [1.807, 2.05) is 37.3 Å². The highest BCUT2D eigenvalue weighted by atomic mass is 16.5. The van der Waals surface area contributed by atoms with Gasteiger partial charge in [-0.2, -0.15) is 5.26 Å². The predicted molar refractivity (Wildman–Crippen MR) is 100 cm³/mol. The number of fused-ring (bicyclic) bond motifs is 2. The summed E-state index contributed by atoms with van der Waals surface area (Å²) in [6, 6.07) is 14.2. The summed E-state index contributed by atoms with van der Waals surface area (Å²) in [7, 11) is 1.57. The number of rotatable bonds is 4. The molecule has 0 atom stereocenters. The van der Waals surface area contributed by atoms with E-state index in [4.69, 9.17) is 23.6 Å². The van der Waals surface area contributed by atoms with Crippen LogP contribution in [0.15, 0.2) is 56.1 Å². The third kappa shape index (κ3) is 2.89. The van der Waals surface area contributed by atoms with Crippen LogP contribution in [0, 0.1) is 18.3 Å². The van der Waals surface area contributed by atoms with Gasteiger partial charge in [0.15, 0.2) is 17.9 Å². The average Bonchev–Trinajstić information content (AvgIpc) is 3.10. The van der Waals surface area contributed by atoms with Crippen LogP contribution >= 0.6 is 0 Å². The summed E-state index contributed by atoms with van der Waals surface area (Å²) in [6.07, 6.45) is 0. The first-order valence-electron chi connectivity index (χ1n) is 8.26. The fourth-order valence-electron chi connectivity index (χ4n) is 3.09. The summed E-state index contributed by atoms with van der Waals surface area (Å²) in [5.74, 6) is 1.68. The van der Waals surface area contributed by atoms with Crippen LogP contribution in [0.3, 0.4) is 0 Å². The highest BCUT2D eigenvalue weighted by Crippen LogP contribution is 2.37. The monoisotopic (exact) mass is 361 g/mol. The summed E-state index contributed by atoms with van der Waals surface area (Å²) in [4.78, 5) is 12.1. The van der Waals surface area contributed by atoms with Crippen molar-refractivity contribution in [2.45, 2.75) is 6.92 Å².